The maximum absolute atomic E-state index is 12.7. The summed E-state index contributed by atoms with van der Waals surface area (Å²) in [7, 11) is 0. The normalized spacial score (nSPS) is 11.0. The van der Waals surface area contributed by atoms with Crippen LogP contribution < -0.4 is 10.1 Å². The van der Waals surface area contributed by atoms with Crippen molar-refractivity contribution < 1.29 is 23.4 Å². The standard InChI is InChI=1S/C25H21F2N3O3/c1-15-16(6-7-17-4-2-3-5-19(15)17)10-11-28-23-13-21(29-14-30-23)18-8-9-20(24(31)32)22(12-18)33-25(26)27/h2-9,12-14,25H,10-11H2,1H3,(H,31,32)(H,28,29,30). The number of carboxylic acids is 1. The maximum Gasteiger partial charge on any atom is 0.387 e. The summed E-state index contributed by atoms with van der Waals surface area (Å²) in [6.45, 7) is -0.396. The molecule has 2 N–H and O–H groups in total. The fraction of sp³-hybridized carbons (Fsp3) is 0.160. The van der Waals surface area contributed by atoms with E-state index in [9.17, 15) is 18.7 Å². The number of alkyl halides is 2. The van der Waals surface area contributed by atoms with Crippen LogP contribution in [0.25, 0.3) is 22.0 Å². The van der Waals surface area contributed by atoms with E-state index in [2.05, 4.69) is 51.2 Å². The summed E-state index contributed by atoms with van der Waals surface area (Å²) in [5.41, 5.74) is 3.01. The Kier molecular flexibility index (Phi) is 6.44. The third-order valence-electron chi connectivity index (χ3n) is 5.40. The van der Waals surface area contributed by atoms with Gasteiger partial charge in [-0.1, -0.05) is 42.5 Å². The average molecular weight is 449 g/mol. The van der Waals surface area contributed by atoms with Crippen molar-refractivity contribution in [3.05, 3.63) is 83.7 Å². The Morgan fingerprint density at radius 2 is 1.91 bits per heavy atom. The summed E-state index contributed by atoms with van der Waals surface area (Å²) in [5.74, 6) is -1.21. The number of anilines is 1. The molecule has 0 radical (unpaired) electrons. The average Bonchev–Trinajstić information content (AvgIpc) is 2.80. The van der Waals surface area contributed by atoms with Gasteiger partial charge in [-0.05, 0) is 47.4 Å². The minimum atomic E-state index is -3.14. The topological polar surface area (TPSA) is 84.3 Å². The zero-order chi connectivity index (χ0) is 23.4. The number of carbonyl (C=O) groups is 1. The molecule has 0 aliphatic carbocycles. The van der Waals surface area contributed by atoms with E-state index in [0.717, 1.165) is 6.42 Å². The van der Waals surface area contributed by atoms with Gasteiger partial charge in [-0.25, -0.2) is 14.8 Å². The van der Waals surface area contributed by atoms with E-state index >= 15 is 0 Å². The molecule has 1 aromatic heterocycles. The minimum absolute atomic E-state index is 0.350. The SMILES string of the molecule is Cc1c(CCNc2cc(-c3ccc(C(=O)O)c(OC(F)F)c3)ncn2)ccc2ccccc12. The van der Waals surface area contributed by atoms with Crippen LogP contribution >= 0.6 is 0 Å². The second kappa shape index (κ2) is 9.60. The van der Waals surface area contributed by atoms with Crippen LogP contribution in [0.4, 0.5) is 14.6 Å². The van der Waals surface area contributed by atoms with Gasteiger partial charge in [-0.2, -0.15) is 8.78 Å². The first-order valence-electron chi connectivity index (χ1n) is 10.3. The summed E-state index contributed by atoms with van der Waals surface area (Å²) in [4.78, 5) is 19.7. The van der Waals surface area contributed by atoms with Crippen molar-refractivity contribution in [1.82, 2.24) is 9.97 Å². The number of ether oxygens (including phenoxy) is 1. The van der Waals surface area contributed by atoms with Crippen molar-refractivity contribution in [2.75, 3.05) is 11.9 Å². The predicted molar refractivity (Wildman–Crippen MR) is 122 cm³/mol. The summed E-state index contributed by atoms with van der Waals surface area (Å²) < 4.78 is 29.8. The molecule has 0 spiro atoms. The summed E-state index contributed by atoms with van der Waals surface area (Å²) in [6.07, 6.45) is 2.15. The van der Waals surface area contributed by atoms with Gasteiger partial charge in [0, 0.05) is 18.2 Å². The molecule has 0 saturated carbocycles. The summed E-state index contributed by atoms with van der Waals surface area (Å²) in [5, 5.41) is 14.9. The number of fused-ring (bicyclic) bond motifs is 1. The van der Waals surface area contributed by atoms with Crippen molar-refractivity contribution in [2.45, 2.75) is 20.0 Å². The molecular weight excluding hydrogens is 428 g/mol. The van der Waals surface area contributed by atoms with Gasteiger partial charge >= 0.3 is 12.6 Å². The zero-order valence-corrected chi connectivity index (χ0v) is 17.8. The Bertz CT molecular complexity index is 1310. The van der Waals surface area contributed by atoms with E-state index in [1.54, 1.807) is 6.07 Å². The molecule has 6 nitrogen and oxygen atoms in total. The molecule has 0 saturated heterocycles. The van der Waals surface area contributed by atoms with Crippen LogP contribution in [0.2, 0.25) is 0 Å². The Balaban J connectivity index is 1.49. The summed E-state index contributed by atoms with van der Waals surface area (Å²) in [6, 6.07) is 18.1. The number of aromatic carboxylic acids is 1. The highest BCUT2D eigenvalue weighted by Gasteiger charge is 2.17. The van der Waals surface area contributed by atoms with E-state index in [1.807, 2.05) is 12.1 Å². The van der Waals surface area contributed by atoms with Gasteiger partial charge < -0.3 is 15.2 Å². The van der Waals surface area contributed by atoms with Gasteiger partial charge in [0.1, 0.15) is 23.5 Å². The molecule has 0 bridgehead atoms. The first-order chi connectivity index (χ1) is 15.9. The third kappa shape index (κ3) is 5.06. The molecule has 8 heteroatoms. The molecule has 0 aliphatic rings. The number of aryl methyl sites for hydroxylation is 1. The molecular formula is C25H21F2N3O3. The molecule has 4 aromatic rings. The van der Waals surface area contributed by atoms with Crippen LogP contribution in [-0.2, 0) is 6.42 Å². The van der Waals surface area contributed by atoms with E-state index < -0.39 is 18.3 Å². The van der Waals surface area contributed by atoms with Crippen molar-refractivity contribution in [3.8, 4) is 17.0 Å². The van der Waals surface area contributed by atoms with Gasteiger partial charge in [0.05, 0.1) is 5.69 Å². The van der Waals surface area contributed by atoms with E-state index in [4.69, 9.17) is 0 Å². The second-order valence-corrected chi connectivity index (χ2v) is 7.43. The third-order valence-corrected chi connectivity index (χ3v) is 5.40. The van der Waals surface area contributed by atoms with Crippen LogP contribution in [0.15, 0.2) is 67.0 Å². The first kappa shape index (κ1) is 22.1. The first-order valence-corrected chi connectivity index (χ1v) is 10.3. The minimum Gasteiger partial charge on any atom is -0.478 e. The maximum atomic E-state index is 12.7. The Morgan fingerprint density at radius 3 is 2.70 bits per heavy atom. The van der Waals surface area contributed by atoms with Crippen LogP contribution in [-0.4, -0.2) is 34.2 Å². The van der Waals surface area contributed by atoms with E-state index in [0.29, 0.717) is 23.6 Å². The highest BCUT2D eigenvalue weighted by Crippen LogP contribution is 2.28. The van der Waals surface area contributed by atoms with Gasteiger partial charge in [-0.15, -0.1) is 0 Å². The van der Waals surface area contributed by atoms with Crippen LogP contribution in [0, 0.1) is 6.92 Å². The lowest BCUT2D eigenvalue weighted by Gasteiger charge is -2.12. The monoisotopic (exact) mass is 449 g/mol. The van der Waals surface area contributed by atoms with Gasteiger partial charge in [0.2, 0.25) is 0 Å². The lowest BCUT2D eigenvalue weighted by molar-refractivity contribution is -0.0503. The van der Waals surface area contributed by atoms with Crippen molar-refractivity contribution in [3.63, 3.8) is 0 Å². The van der Waals surface area contributed by atoms with E-state index in [-0.39, 0.29) is 5.56 Å². The Hall–Kier alpha value is -4.07. The quantitative estimate of drug-likeness (QED) is 0.366. The van der Waals surface area contributed by atoms with Crippen molar-refractivity contribution in [2.24, 2.45) is 0 Å². The number of nitrogens with one attached hydrogen (secondary N) is 1. The molecule has 0 amide bonds. The molecule has 0 unspecified atom stereocenters. The highest BCUT2D eigenvalue weighted by molar-refractivity contribution is 5.92. The van der Waals surface area contributed by atoms with Crippen molar-refractivity contribution in [1.29, 1.82) is 0 Å². The molecule has 1 heterocycles. The van der Waals surface area contributed by atoms with Crippen LogP contribution in [0.1, 0.15) is 21.5 Å². The zero-order valence-electron chi connectivity index (χ0n) is 17.8. The van der Waals surface area contributed by atoms with Crippen molar-refractivity contribution >= 4 is 22.6 Å². The van der Waals surface area contributed by atoms with Gasteiger partial charge in [0.25, 0.3) is 0 Å². The Labute approximate surface area is 188 Å². The molecule has 4 rings (SSSR count). The molecule has 33 heavy (non-hydrogen) atoms. The molecule has 0 atom stereocenters. The molecule has 0 fully saturated rings. The number of rotatable bonds is 8. The fourth-order valence-corrected chi connectivity index (χ4v) is 3.73. The molecule has 0 aliphatic heterocycles. The number of hydrogen-bond donors (Lipinski definition) is 2. The predicted octanol–water partition coefficient (Wildman–Crippen LogP) is 5.56. The summed E-state index contributed by atoms with van der Waals surface area (Å²) >= 11 is 0. The smallest absolute Gasteiger partial charge is 0.387 e. The number of carboxylic acid groups (broad SMARTS) is 1. The number of nitrogens with zero attached hydrogens (tertiary/aromatic N) is 2. The number of halogens is 2. The molecule has 3 aromatic carbocycles. The lowest BCUT2D eigenvalue weighted by atomic mass is 9.98. The number of hydrogen-bond acceptors (Lipinski definition) is 5. The van der Waals surface area contributed by atoms with Gasteiger partial charge in [-0.3, -0.25) is 0 Å². The largest absolute Gasteiger partial charge is 0.478 e. The number of aromatic nitrogens is 2. The number of benzene rings is 3. The van der Waals surface area contributed by atoms with Gasteiger partial charge in [0.15, 0.2) is 0 Å². The second-order valence-electron chi connectivity index (χ2n) is 7.43. The van der Waals surface area contributed by atoms with Crippen LogP contribution in [0.5, 0.6) is 5.75 Å². The Morgan fingerprint density at radius 1 is 1.09 bits per heavy atom. The van der Waals surface area contributed by atoms with E-state index in [1.165, 1.54) is 46.4 Å². The van der Waals surface area contributed by atoms with Crippen LogP contribution in [0.3, 0.4) is 0 Å². The molecule has 168 valence electrons. The highest BCUT2D eigenvalue weighted by atomic mass is 19.3. The lowest BCUT2D eigenvalue weighted by Crippen LogP contribution is -2.08. The fourth-order valence-electron chi connectivity index (χ4n) is 3.73.